The predicted octanol–water partition coefficient (Wildman–Crippen LogP) is 3.94. The number of carbonyl (C=O) groups is 1. The standard InChI is InChI=1S/C25H28FN5O2/c1-33-22-7-3-2-6-21(22)29-23-13-15-28-25(30-23)31-16-4-5-19(17-31)24(32)27-14-12-18-8-10-20(26)11-9-18/h2-3,6-11,13,15,19H,4-5,12,14,16-17H2,1H3,(H,27,32)(H,28,29,30). The summed E-state index contributed by atoms with van der Waals surface area (Å²) < 4.78 is 18.4. The van der Waals surface area contributed by atoms with E-state index in [1.807, 2.05) is 24.3 Å². The summed E-state index contributed by atoms with van der Waals surface area (Å²) in [5, 5.41) is 6.30. The Balaban J connectivity index is 1.34. The van der Waals surface area contributed by atoms with Gasteiger partial charge in [0.15, 0.2) is 0 Å². The Morgan fingerprint density at radius 2 is 2.00 bits per heavy atom. The van der Waals surface area contributed by atoms with E-state index in [-0.39, 0.29) is 17.6 Å². The van der Waals surface area contributed by atoms with Crippen LogP contribution in [-0.2, 0) is 11.2 Å². The fraction of sp³-hybridized carbons (Fsp3) is 0.320. The molecule has 2 N–H and O–H groups in total. The summed E-state index contributed by atoms with van der Waals surface area (Å²) >= 11 is 0. The van der Waals surface area contributed by atoms with Gasteiger partial charge in [0.05, 0.1) is 18.7 Å². The van der Waals surface area contributed by atoms with Crippen molar-refractivity contribution >= 4 is 23.4 Å². The number of rotatable bonds is 8. The minimum absolute atomic E-state index is 0.0325. The zero-order valence-corrected chi connectivity index (χ0v) is 18.6. The first-order valence-electron chi connectivity index (χ1n) is 11.1. The van der Waals surface area contributed by atoms with Crippen molar-refractivity contribution in [1.29, 1.82) is 0 Å². The van der Waals surface area contributed by atoms with Gasteiger partial charge in [-0.1, -0.05) is 24.3 Å². The number of benzene rings is 2. The van der Waals surface area contributed by atoms with Gasteiger partial charge in [-0.3, -0.25) is 4.79 Å². The van der Waals surface area contributed by atoms with E-state index in [2.05, 4.69) is 25.5 Å². The normalized spacial score (nSPS) is 15.7. The molecule has 2 heterocycles. The number of nitrogens with one attached hydrogen (secondary N) is 2. The van der Waals surface area contributed by atoms with E-state index in [0.717, 1.165) is 36.4 Å². The molecule has 0 bridgehead atoms. The molecular weight excluding hydrogens is 421 g/mol. The van der Waals surface area contributed by atoms with Crippen molar-refractivity contribution in [2.45, 2.75) is 19.3 Å². The van der Waals surface area contributed by atoms with E-state index < -0.39 is 0 Å². The summed E-state index contributed by atoms with van der Waals surface area (Å²) in [5.41, 5.74) is 1.82. The molecule has 1 amide bonds. The van der Waals surface area contributed by atoms with Crippen LogP contribution in [-0.4, -0.2) is 42.6 Å². The molecule has 0 radical (unpaired) electrons. The van der Waals surface area contributed by atoms with E-state index in [9.17, 15) is 9.18 Å². The third-order valence-corrected chi connectivity index (χ3v) is 5.71. The maximum Gasteiger partial charge on any atom is 0.227 e. The third kappa shape index (κ3) is 5.97. The van der Waals surface area contributed by atoms with E-state index in [0.29, 0.717) is 31.3 Å². The van der Waals surface area contributed by atoms with Crippen molar-refractivity contribution in [3.05, 3.63) is 72.2 Å². The van der Waals surface area contributed by atoms with Crippen LogP contribution in [0.25, 0.3) is 0 Å². The van der Waals surface area contributed by atoms with E-state index >= 15 is 0 Å². The van der Waals surface area contributed by atoms with Gasteiger partial charge in [0.1, 0.15) is 17.4 Å². The average molecular weight is 450 g/mol. The molecule has 1 atom stereocenters. The monoisotopic (exact) mass is 449 g/mol. The molecule has 33 heavy (non-hydrogen) atoms. The number of piperidine rings is 1. The Kier molecular flexibility index (Phi) is 7.34. The minimum atomic E-state index is -0.255. The van der Waals surface area contributed by atoms with E-state index in [1.54, 1.807) is 31.5 Å². The van der Waals surface area contributed by atoms with Gasteiger partial charge in [-0.2, -0.15) is 4.98 Å². The summed E-state index contributed by atoms with van der Waals surface area (Å²) in [6.45, 7) is 1.90. The SMILES string of the molecule is COc1ccccc1Nc1ccnc(N2CCCC(C(=O)NCCc3ccc(F)cc3)C2)n1. The summed E-state index contributed by atoms with van der Waals surface area (Å²) in [6, 6.07) is 15.8. The Morgan fingerprint density at radius 3 is 2.82 bits per heavy atom. The van der Waals surface area contributed by atoms with Gasteiger partial charge >= 0.3 is 0 Å². The second-order valence-electron chi connectivity index (χ2n) is 8.02. The summed E-state index contributed by atoms with van der Waals surface area (Å²) in [4.78, 5) is 23.9. The molecule has 0 aliphatic carbocycles. The van der Waals surface area contributed by atoms with Gasteiger partial charge in [-0.15, -0.1) is 0 Å². The second kappa shape index (κ2) is 10.8. The van der Waals surface area contributed by atoms with Crippen LogP contribution >= 0.6 is 0 Å². The van der Waals surface area contributed by atoms with Crippen LogP contribution in [0.15, 0.2) is 60.8 Å². The number of amides is 1. The van der Waals surface area contributed by atoms with Crippen molar-refractivity contribution < 1.29 is 13.9 Å². The van der Waals surface area contributed by atoms with Crippen molar-refractivity contribution in [2.24, 2.45) is 5.92 Å². The number of para-hydroxylation sites is 2. The maximum atomic E-state index is 13.0. The lowest BCUT2D eigenvalue weighted by molar-refractivity contribution is -0.125. The summed E-state index contributed by atoms with van der Waals surface area (Å²) in [5.74, 6) is 1.64. The molecule has 1 unspecified atom stereocenters. The smallest absolute Gasteiger partial charge is 0.227 e. The molecule has 4 rings (SSSR count). The van der Waals surface area contributed by atoms with Gasteiger partial charge in [0.25, 0.3) is 0 Å². The predicted molar refractivity (Wildman–Crippen MR) is 126 cm³/mol. The lowest BCUT2D eigenvalue weighted by Crippen LogP contribution is -2.44. The van der Waals surface area contributed by atoms with Crippen LogP contribution in [0.3, 0.4) is 0 Å². The molecule has 3 aromatic rings. The number of hydrogen-bond acceptors (Lipinski definition) is 6. The zero-order chi connectivity index (χ0) is 23.0. The highest BCUT2D eigenvalue weighted by molar-refractivity contribution is 5.79. The maximum absolute atomic E-state index is 13.0. The lowest BCUT2D eigenvalue weighted by atomic mass is 9.97. The Hall–Kier alpha value is -3.68. The molecule has 1 saturated heterocycles. The van der Waals surface area contributed by atoms with Gasteiger partial charge in [0, 0.05) is 25.8 Å². The minimum Gasteiger partial charge on any atom is -0.495 e. The average Bonchev–Trinajstić information content (AvgIpc) is 2.86. The van der Waals surface area contributed by atoms with Crippen LogP contribution < -0.4 is 20.3 Å². The topological polar surface area (TPSA) is 79.4 Å². The fourth-order valence-electron chi connectivity index (χ4n) is 3.95. The molecule has 2 aromatic carbocycles. The molecule has 1 fully saturated rings. The highest BCUT2D eigenvalue weighted by atomic mass is 19.1. The Morgan fingerprint density at radius 1 is 1.18 bits per heavy atom. The number of ether oxygens (including phenoxy) is 1. The number of carbonyl (C=O) groups excluding carboxylic acids is 1. The van der Waals surface area contributed by atoms with Crippen LogP contribution in [0.2, 0.25) is 0 Å². The van der Waals surface area contributed by atoms with Crippen LogP contribution in [0.5, 0.6) is 5.75 Å². The molecular formula is C25H28FN5O2. The van der Waals surface area contributed by atoms with Gasteiger partial charge in [-0.05, 0) is 55.2 Å². The van der Waals surface area contributed by atoms with Crippen molar-refractivity contribution in [2.75, 3.05) is 37.0 Å². The van der Waals surface area contributed by atoms with Crippen molar-refractivity contribution in [3.63, 3.8) is 0 Å². The zero-order valence-electron chi connectivity index (χ0n) is 18.6. The fourth-order valence-corrected chi connectivity index (χ4v) is 3.95. The molecule has 8 heteroatoms. The second-order valence-corrected chi connectivity index (χ2v) is 8.02. The number of anilines is 3. The largest absolute Gasteiger partial charge is 0.495 e. The molecule has 0 spiro atoms. The molecule has 1 aromatic heterocycles. The van der Waals surface area contributed by atoms with Gasteiger partial charge < -0.3 is 20.3 Å². The molecule has 1 aliphatic rings. The number of hydrogen-bond donors (Lipinski definition) is 2. The Bertz CT molecular complexity index is 1080. The van der Waals surface area contributed by atoms with Gasteiger partial charge in [-0.25, -0.2) is 9.37 Å². The molecule has 1 aliphatic heterocycles. The van der Waals surface area contributed by atoms with Crippen LogP contribution in [0.1, 0.15) is 18.4 Å². The number of halogens is 1. The summed E-state index contributed by atoms with van der Waals surface area (Å²) in [6.07, 6.45) is 4.11. The van der Waals surface area contributed by atoms with Gasteiger partial charge in [0.2, 0.25) is 11.9 Å². The highest BCUT2D eigenvalue weighted by Crippen LogP contribution is 2.27. The molecule has 172 valence electrons. The lowest BCUT2D eigenvalue weighted by Gasteiger charge is -2.32. The highest BCUT2D eigenvalue weighted by Gasteiger charge is 2.27. The van der Waals surface area contributed by atoms with Crippen molar-refractivity contribution in [1.82, 2.24) is 15.3 Å². The number of aromatic nitrogens is 2. The quantitative estimate of drug-likeness (QED) is 0.542. The van der Waals surface area contributed by atoms with Crippen molar-refractivity contribution in [3.8, 4) is 5.75 Å². The summed E-state index contributed by atoms with van der Waals surface area (Å²) in [7, 11) is 1.63. The van der Waals surface area contributed by atoms with E-state index in [1.165, 1.54) is 12.1 Å². The molecule has 0 saturated carbocycles. The number of methoxy groups -OCH3 is 1. The third-order valence-electron chi connectivity index (χ3n) is 5.71. The van der Waals surface area contributed by atoms with Crippen LogP contribution in [0, 0.1) is 11.7 Å². The molecule has 7 nitrogen and oxygen atoms in total. The first-order chi connectivity index (χ1) is 16.1. The first-order valence-corrected chi connectivity index (χ1v) is 11.1. The number of nitrogens with zero attached hydrogens (tertiary/aromatic N) is 3. The Labute approximate surface area is 193 Å². The van der Waals surface area contributed by atoms with E-state index in [4.69, 9.17) is 4.74 Å². The van der Waals surface area contributed by atoms with Crippen LogP contribution in [0.4, 0.5) is 21.8 Å². The first kappa shape index (κ1) is 22.5.